The average molecular weight is 349 g/mol. The van der Waals surface area contributed by atoms with E-state index in [1.165, 1.54) is 0 Å². The Bertz CT molecular complexity index is 308. The van der Waals surface area contributed by atoms with Crippen LogP contribution in [-0.4, -0.2) is 79.5 Å². The maximum absolute atomic E-state index is 10.2. The lowest BCUT2D eigenvalue weighted by molar-refractivity contribution is 0.0660. The molecule has 3 unspecified atom stereocenters. The van der Waals surface area contributed by atoms with Gasteiger partial charge in [0.05, 0.1) is 6.10 Å². The van der Waals surface area contributed by atoms with Crippen molar-refractivity contribution in [3.05, 3.63) is 0 Å². The summed E-state index contributed by atoms with van der Waals surface area (Å²) in [6, 6.07) is 1.05. The van der Waals surface area contributed by atoms with Crippen LogP contribution < -0.4 is 5.32 Å². The smallest absolute Gasteiger partial charge is 0.392 e. The Labute approximate surface area is 142 Å². The van der Waals surface area contributed by atoms with Crippen LogP contribution in [0.15, 0.2) is 0 Å². The monoisotopic (exact) mass is 348 g/mol. The van der Waals surface area contributed by atoms with Crippen LogP contribution in [0.2, 0.25) is 6.04 Å². The number of aliphatic hydroxyl groups excluding tert-OH is 1. The van der Waals surface area contributed by atoms with Gasteiger partial charge in [-0.2, -0.15) is 0 Å². The van der Waals surface area contributed by atoms with Crippen molar-refractivity contribution in [1.29, 1.82) is 0 Å². The zero-order chi connectivity index (χ0) is 17.3. The Balaban J connectivity index is 2.38. The lowest BCUT2D eigenvalue weighted by Crippen LogP contribution is -2.46. The van der Waals surface area contributed by atoms with E-state index in [9.17, 15) is 5.11 Å². The molecular weight excluding hydrogens is 312 g/mol. The molecule has 0 aliphatic heterocycles. The second-order valence-electron chi connectivity index (χ2n) is 6.80. The lowest BCUT2D eigenvalue weighted by Gasteiger charge is -2.35. The number of nitrogens with zero attached hydrogens (tertiary/aromatic N) is 1. The van der Waals surface area contributed by atoms with E-state index in [1.54, 1.807) is 21.3 Å². The normalized spacial score (nSPS) is 26.0. The van der Waals surface area contributed by atoms with Crippen LogP contribution in [0.4, 0.5) is 0 Å². The van der Waals surface area contributed by atoms with Crippen LogP contribution in [0, 0.1) is 5.92 Å². The molecule has 6 nitrogen and oxygen atoms in total. The van der Waals surface area contributed by atoms with E-state index in [0.29, 0.717) is 5.92 Å². The van der Waals surface area contributed by atoms with Crippen molar-refractivity contribution in [2.24, 2.45) is 5.92 Å². The van der Waals surface area contributed by atoms with Gasteiger partial charge in [-0.15, -0.1) is 0 Å². The summed E-state index contributed by atoms with van der Waals surface area (Å²) in [5.41, 5.74) is 0. The third-order valence-electron chi connectivity index (χ3n) is 4.90. The molecule has 0 spiro atoms. The van der Waals surface area contributed by atoms with Gasteiger partial charge in [-0.3, -0.25) is 0 Å². The highest BCUT2D eigenvalue weighted by atomic mass is 28.4. The van der Waals surface area contributed by atoms with Gasteiger partial charge in [0.15, 0.2) is 0 Å². The number of aliphatic hydroxyl groups is 1. The number of rotatable bonds is 11. The maximum Gasteiger partial charge on any atom is 0.500 e. The molecule has 7 heteroatoms. The summed E-state index contributed by atoms with van der Waals surface area (Å²) >= 11 is 0. The molecule has 23 heavy (non-hydrogen) atoms. The van der Waals surface area contributed by atoms with Gasteiger partial charge in [0.25, 0.3) is 0 Å². The molecule has 1 aliphatic rings. The van der Waals surface area contributed by atoms with Crippen LogP contribution in [0.3, 0.4) is 0 Å². The molecular formula is C16H36N2O4Si. The summed E-state index contributed by atoms with van der Waals surface area (Å²) in [6.07, 6.45) is 4.87. The Morgan fingerprint density at radius 2 is 1.78 bits per heavy atom. The second kappa shape index (κ2) is 10.8. The van der Waals surface area contributed by atoms with Crippen molar-refractivity contribution >= 4 is 8.80 Å². The maximum atomic E-state index is 10.2. The second-order valence-corrected chi connectivity index (χ2v) is 9.89. The molecule has 0 aromatic carbocycles. The molecule has 3 atom stereocenters. The average Bonchev–Trinajstić information content (AvgIpc) is 2.55. The van der Waals surface area contributed by atoms with E-state index in [0.717, 1.165) is 51.2 Å². The first kappa shape index (κ1) is 21.0. The fourth-order valence-corrected chi connectivity index (χ4v) is 5.22. The van der Waals surface area contributed by atoms with Gasteiger partial charge >= 0.3 is 8.80 Å². The first-order valence-corrected chi connectivity index (χ1v) is 10.6. The quantitative estimate of drug-likeness (QED) is 0.434. The summed E-state index contributed by atoms with van der Waals surface area (Å²) < 4.78 is 16.5. The third kappa shape index (κ3) is 7.17. The molecule has 0 amide bonds. The first-order valence-electron chi connectivity index (χ1n) is 8.68. The molecule has 1 saturated carbocycles. The van der Waals surface area contributed by atoms with Gasteiger partial charge in [0, 0.05) is 33.4 Å². The minimum absolute atomic E-state index is 0.208. The number of nitrogens with one attached hydrogen (secondary N) is 1. The fraction of sp³-hybridized carbons (Fsp3) is 1.00. The minimum atomic E-state index is -2.47. The third-order valence-corrected chi connectivity index (χ3v) is 7.67. The zero-order valence-electron chi connectivity index (χ0n) is 15.5. The Morgan fingerprint density at radius 3 is 2.35 bits per heavy atom. The standard InChI is InChI=1S/C16H36N2O4Si/c1-18(2)11-6-10-17-15-13-14(7-8-16(15)19)9-12-23(20-3,21-4)22-5/h14-17,19H,6-13H2,1-5H3. The highest BCUT2D eigenvalue weighted by Crippen LogP contribution is 2.31. The topological polar surface area (TPSA) is 63.2 Å². The van der Waals surface area contributed by atoms with E-state index < -0.39 is 8.80 Å². The van der Waals surface area contributed by atoms with Crippen LogP contribution in [0.25, 0.3) is 0 Å². The van der Waals surface area contributed by atoms with Crippen molar-refractivity contribution < 1.29 is 18.4 Å². The fourth-order valence-electron chi connectivity index (χ4n) is 3.34. The van der Waals surface area contributed by atoms with Crippen molar-refractivity contribution in [3.8, 4) is 0 Å². The molecule has 2 N–H and O–H groups in total. The van der Waals surface area contributed by atoms with Crippen LogP contribution in [0.1, 0.15) is 32.1 Å². The largest absolute Gasteiger partial charge is 0.500 e. The van der Waals surface area contributed by atoms with Crippen LogP contribution >= 0.6 is 0 Å². The van der Waals surface area contributed by atoms with Crippen molar-refractivity contribution in [2.45, 2.75) is 50.3 Å². The molecule has 1 fully saturated rings. The summed E-state index contributed by atoms with van der Waals surface area (Å²) in [5, 5.41) is 13.8. The minimum Gasteiger partial charge on any atom is -0.392 e. The molecule has 1 rings (SSSR count). The molecule has 0 bridgehead atoms. The van der Waals surface area contributed by atoms with E-state index in [1.807, 2.05) is 0 Å². The lowest BCUT2D eigenvalue weighted by atomic mass is 9.82. The highest BCUT2D eigenvalue weighted by Gasteiger charge is 2.39. The SMILES string of the molecule is CO[Si](CCC1CCC(O)C(NCCCN(C)C)C1)(OC)OC. The first-order chi connectivity index (χ1) is 11.0. The Morgan fingerprint density at radius 1 is 1.13 bits per heavy atom. The molecule has 0 aromatic rings. The molecule has 0 radical (unpaired) electrons. The van der Waals surface area contributed by atoms with Gasteiger partial charge in [-0.1, -0.05) is 0 Å². The van der Waals surface area contributed by atoms with Crippen LogP contribution in [-0.2, 0) is 13.3 Å². The van der Waals surface area contributed by atoms with Crippen molar-refractivity contribution in [2.75, 3.05) is 48.5 Å². The van der Waals surface area contributed by atoms with Gasteiger partial charge in [-0.05, 0) is 65.2 Å². The van der Waals surface area contributed by atoms with Crippen molar-refractivity contribution in [1.82, 2.24) is 10.2 Å². The van der Waals surface area contributed by atoms with E-state index in [4.69, 9.17) is 13.3 Å². The predicted octanol–water partition coefficient (Wildman–Crippen LogP) is 1.33. The van der Waals surface area contributed by atoms with E-state index in [2.05, 4.69) is 24.3 Å². The summed E-state index contributed by atoms with van der Waals surface area (Å²) in [4.78, 5) is 2.19. The zero-order valence-corrected chi connectivity index (χ0v) is 16.5. The van der Waals surface area contributed by atoms with Crippen molar-refractivity contribution in [3.63, 3.8) is 0 Å². The summed E-state index contributed by atoms with van der Waals surface area (Å²) in [5.74, 6) is 0.595. The molecule has 0 heterocycles. The van der Waals surface area contributed by atoms with Gasteiger partial charge in [0.2, 0.25) is 0 Å². The Kier molecular flexibility index (Phi) is 9.84. The molecule has 0 saturated heterocycles. The van der Waals surface area contributed by atoms with Crippen LogP contribution in [0.5, 0.6) is 0 Å². The Hall–Kier alpha value is -0.0231. The molecule has 0 aromatic heterocycles. The van der Waals surface area contributed by atoms with Gasteiger partial charge < -0.3 is 28.6 Å². The molecule has 1 aliphatic carbocycles. The van der Waals surface area contributed by atoms with Gasteiger partial charge in [0.1, 0.15) is 0 Å². The highest BCUT2D eigenvalue weighted by molar-refractivity contribution is 6.60. The van der Waals surface area contributed by atoms with Gasteiger partial charge in [-0.25, -0.2) is 0 Å². The summed E-state index contributed by atoms with van der Waals surface area (Å²) in [7, 11) is 6.70. The predicted molar refractivity (Wildman–Crippen MR) is 94.5 cm³/mol. The van der Waals surface area contributed by atoms with E-state index in [-0.39, 0.29) is 12.1 Å². The van der Waals surface area contributed by atoms with E-state index >= 15 is 0 Å². The number of hydrogen-bond acceptors (Lipinski definition) is 6. The molecule has 138 valence electrons. The summed E-state index contributed by atoms with van der Waals surface area (Å²) in [6.45, 7) is 2.03. The number of hydrogen-bond donors (Lipinski definition) is 2.